The molecule has 0 aliphatic heterocycles. The molecule has 0 aromatic heterocycles. The number of aliphatic hydroxyl groups is 1. The molecule has 0 aromatic rings. The molecule has 0 aliphatic carbocycles. The zero-order valence-electron chi connectivity index (χ0n) is 16.1. The minimum absolute atomic E-state index is 0.444. The molecule has 0 radical (unpaired) electrons. The number of hydrogen-bond acceptors (Lipinski definition) is 7. The first-order chi connectivity index (χ1) is 12.8. The van der Waals surface area contributed by atoms with Gasteiger partial charge in [0.2, 0.25) is 17.7 Å². The summed E-state index contributed by atoms with van der Waals surface area (Å²) >= 11 is 0. The summed E-state index contributed by atoms with van der Waals surface area (Å²) in [6, 6.07) is -5.26. The van der Waals surface area contributed by atoms with Crippen molar-refractivity contribution in [3.8, 4) is 0 Å². The van der Waals surface area contributed by atoms with E-state index in [2.05, 4.69) is 16.0 Å². The summed E-state index contributed by atoms with van der Waals surface area (Å²) in [6.07, 6.45) is -1.99. The average molecular weight is 404 g/mol. The molecule has 0 saturated heterocycles. The Kier molecular flexibility index (Phi) is 10.1. The lowest BCUT2D eigenvalue weighted by Crippen LogP contribution is -2.59. The van der Waals surface area contributed by atoms with Gasteiger partial charge in [0.25, 0.3) is 0 Å². The van der Waals surface area contributed by atoms with E-state index in [0.29, 0.717) is 0 Å². The van der Waals surface area contributed by atoms with Crippen molar-refractivity contribution < 1.29 is 39.3 Å². The zero-order chi connectivity index (χ0) is 22.2. The summed E-state index contributed by atoms with van der Waals surface area (Å²) < 4.78 is 0. The molecule has 0 bridgehead atoms. The number of aliphatic carboxylic acids is 2. The predicted molar refractivity (Wildman–Crippen MR) is 95.8 cm³/mol. The summed E-state index contributed by atoms with van der Waals surface area (Å²) in [5.74, 6) is -5.65. The Labute approximate surface area is 161 Å². The highest BCUT2D eigenvalue weighted by Crippen LogP contribution is 2.04. The maximum Gasteiger partial charge on any atom is 0.326 e. The van der Waals surface area contributed by atoms with Crippen molar-refractivity contribution in [2.45, 2.75) is 64.4 Å². The van der Waals surface area contributed by atoms with Gasteiger partial charge >= 0.3 is 11.9 Å². The van der Waals surface area contributed by atoms with Crippen molar-refractivity contribution in [1.82, 2.24) is 16.0 Å². The van der Waals surface area contributed by atoms with Crippen LogP contribution in [0.1, 0.15) is 34.1 Å². The molecular weight excluding hydrogens is 376 g/mol. The quantitative estimate of drug-likeness (QED) is 0.192. The van der Waals surface area contributed by atoms with Crippen LogP contribution in [-0.2, 0) is 24.0 Å². The highest BCUT2D eigenvalue weighted by molar-refractivity contribution is 5.94. The van der Waals surface area contributed by atoms with Crippen LogP contribution in [-0.4, -0.2) is 75.3 Å². The predicted octanol–water partition coefficient (Wildman–Crippen LogP) is -2.62. The lowest BCUT2D eigenvalue weighted by Gasteiger charge is -2.26. The van der Waals surface area contributed by atoms with Crippen molar-refractivity contribution >= 4 is 29.7 Å². The van der Waals surface area contributed by atoms with Crippen molar-refractivity contribution in [3.05, 3.63) is 0 Å². The standard InChI is InChI=1S/C16H28N4O8/c1-6(2)11(16(27)28)19-15(26)12(8(4)21)20-13(24)7(3)18-14(25)9(17)5-10(22)23/h6-9,11-12,21H,5,17H2,1-4H3,(H,18,25)(H,19,26)(H,20,24)(H,22,23)(H,27,28). The van der Waals surface area contributed by atoms with E-state index in [0.717, 1.165) is 0 Å². The Morgan fingerprint density at radius 3 is 1.71 bits per heavy atom. The third-order valence-electron chi connectivity index (χ3n) is 3.78. The Bertz CT molecular complexity index is 607. The minimum Gasteiger partial charge on any atom is -0.481 e. The largest absolute Gasteiger partial charge is 0.481 e. The summed E-state index contributed by atoms with van der Waals surface area (Å²) in [5, 5.41) is 34.2. The first-order valence-corrected chi connectivity index (χ1v) is 8.57. The highest BCUT2D eigenvalue weighted by atomic mass is 16.4. The van der Waals surface area contributed by atoms with Gasteiger partial charge in [-0.15, -0.1) is 0 Å². The van der Waals surface area contributed by atoms with Crippen LogP contribution in [0.5, 0.6) is 0 Å². The molecule has 0 rings (SSSR count). The Balaban J connectivity index is 5.01. The molecule has 28 heavy (non-hydrogen) atoms. The maximum atomic E-state index is 12.3. The van der Waals surface area contributed by atoms with Crippen LogP contribution in [0.25, 0.3) is 0 Å². The molecule has 12 heteroatoms. The fraction of sp³-hybridized carbons (Fsp3) is 0.688. The normalized spacial score (nSPS) is 16.2. The molecule has 0 aliphatic rings. The molecule has 0 spiro atoms. The smallest absolute Gasteiger partial charge is 0.326 e. The van der Waals surface area contributed by atoms with E-state index >= 15 is 0 Å². The zero-order valence-corrected chi connectivity index (χ0v) is 16.1. The summed E-state index contributed by atoms with van der Waals surface area (Å²) in [7, 11) is 0. The lowest BCUT2D eigenvalue weighted by atomic mass is 10.0. The van der Waals surface area contributed by atoms with Crippen molar-refractivity contribution in [2.75, 3.05) is 0 Å². The Hall–Kier alpha value is -2.73. The van der Waals surface area contributed by atoms with Gasteiger partial charge in [0.1, 0.15) is 18.1 Å². The number of nitrogens with two attached hydrogens (primary N) is 1. The second-order valence-corrected chi connectivity index (χ2v) is 6.73. The van der Waals surface area contributed by atoms with Crippen LogP contribution in [0.4, 0.5) is 0 Å². The number of carbonyl (C=O) groups excluding carboxylic acids is 3. The van der Waals surface area contributed by atoms with Gasteiger partial charge in [-0.2, -0.15) is 0 Å². The van der Waals surface area contributed by atoms with Gasteiger partial charge < -0.3 is 37.0 Å². The minimum atomic E-state index is -1.47. The molecule has 0 aromatic carbocycles. The van der Waals surface area contributed by atoms with Gasteiger partial charge in [0.15, 0.2) is 0 Å². The third-order valence-corrected chi connectivity index (χ3v) is 3.78. The number of carboxylic acids is 2. The number of aliphatic hydroxyl groups excluding tert-OH is 1. The number of amides is 3. The fourth-order valence-corrected chi connectivity index (χ4v) is 2.11. The molecule has 0 fully saturated rings. The van der Waals surface area contributed by atoms with Crippen LogP contribution < -0.4 is 21.7 Å². The first kappa shape index (κ1) is 25.3. The van der Waals surface area contributed by atoms with Crippen LogP contribution in [0.2, 0.25) is 0 Å². The van der Waals surface area contributed by atoms with Crippen molar-refractivity contribution in [3.63, 3.8) is 0 Å². The van der Waals surface area contributed by atoms with E-state index < -0.39 is 72.3 Å². The monoisotopic (exact) mass is 404 g/mol. The third kappa shape index (κ3) is 8.31. The summed E-state index contributed by atoms with van der Waals surface area (Å²) in [5.41, 5.74) is 5.39. The fourth-order valence-electron chi connectivity index (χ4n) is 2.11. The van der Waals surface area contributed by atoms with Crippen LogP contribution in [0.3, 0.4) is 0 Å². The van der Waals surface area contributed by atoms with Gasteiger partial charge in [0.05, 0.1) is 18.6 Å². The van der Waals surface area contributed by atoms with Crippen LogP contribution >= 0.6 is 0 Å². The van der Waals surface area contributed by atoms with E-state index in [4.69, 9.17) is 15.9 Å². The number of carbonyl (C=O) groups is 5. The SMILES string of the molecule is CC(NC(=O)C(N)CC(=O)O)C(=O)NC(C(=O)NC(C(=O)O)C(C)C)C(C)O. The molecule has 160 valence electrons. The molecule has 3 amide bonds. The molecular formula is C16H28N4O8. The van der Waals surface area contributed by atoms with Crippen molar-refractivity contribution in [2.24, 2.45) is 11.7 Å². The molecule has 5 unspecified atom stereocenters. The molecule has 0 heterocycles. The second-order valence-electron chi connectivity index (χ2n) is 6.73. The lowest BCUT2D eigenvalue weighted by molar-refractivity contribution is -0.144. The first-order valence-electron chi connectivity index (χ1n) is 8.57. The van der Waals surface area contributed by atoms with Gasteiger partial charge in [-0.05, 0) is 19.8 Å². The molecule has 12 nitrogen and oxygen atoms in total. The summed E-state index contributed by atoms with van der Waals surface area (Å²) in [6.45, 7) is 5.65. The topological polar surface area (TPSA) is 208 Å². The molecule has 8 N–H and O–H groups in total. The number of rotatable bonds is 11. The number of carboxylic acid groups (broad SMARTS) is 2. The highest BCUT2D eigenvalue weighted by Gasteiger charge is 2.32. The van der Waals surface area contributed by atoms with Crippen molar-refractivity contribution in [1.29, 1.82) is 0 Å². The van der Waals surface area contributed by atoms with Crippen LogP contribution in [0, 0.1) is 5.92 Å². The molecule has 0 saturated carbocycles. The Morgan fingerprint density at radius 2 is 1.32 bits per heavy atom. The van der Waals surface area contributed by atoms with Gasteiger partial charge in [-0.25, -0.2) is 4.79 Å². The number of nitrogens with one attached hydrogen (secondary N) is 3. The van der Waals surface area contributed by atoms with Gasteiger partial charge in [0, 0.05) is 0 Å². The van der Waals surface area contributed by atoms with Gasteiger partial charge in [-0.1, -0.05) is 13.8 Å². The van der Waals surface area contributed by atoms with E-state index in [1.807, 2.05) is 0 Å². The summed E-state index contributed by atoms with van der Waals surface area (Å²) in [4.78, 5) is 58.0. The molecule has 5 atom stereocenters. The van der Waals surface area contributed by atoms with Gasteiger partial charge in [-0.3, -0.25) is 19.2 Å². The van der Waals surface area contributed by atoms with E-state index in [-0.39, 0.29) is 0 Å². The second kappa shape index (κ2) is 11.2. The van der Waals surface area contributed by atoms with E-state index in [9.17, 15) is 29.1 Å². The average Bonchev–Trinajstić information content (AvgIpc) is 2.55. The number of hydrogen-bond donors (Lipinski definition) is 7. The Morgan fingerprint density at radius 1 is 0.821 bits per heavy atom. The van der Waals surface area contributed by atoms with Crippen LogP contribution in [0.15, 0.2) is 0 Å². The maximum absolute atomic E-state index is 12.3. The van der Waals surface area contributed by atoms with E-state index in [1.54, 1.807) is 13.8 Å². The van der Waals surface area contributed by atoms with E-state index in [1.165, 1.54) is 13.8 Å².